The van der Waals surface area contributed by atoms with E-state index >= 15 is 0 Å². The summed E-state index contributed by atoms with van der Waals surface area (Å²) < 4.78 is 1.98. The predicted octanol–water partition coefficient (Wildman–Crippen LogP) is 4.36. The van der Waals surface area contributed by atoms with Gasteiger partial charge in [0.2, 0.25) is 5.91 Å². The largest absolute Gasteiger partial charge is 0.352 e. The first-order chi connectivity index (χ1) is 15.4. The van der Waals surface area contributed by atoms with Crippen molar-refractivity contribution < 1.29 is 9.59 Å². The number of nitrogens with one attached hydrogen (secondary N) is 2. The minimum absolute atomic E-state index is 0.0369. The third-order valence-corrected chi connectivity index (χ3v) is 7.42. The lowest BCUT2D eigenvalue weighted by atomic mass is 9.86. The highest BCUT2D eigenvalue weighted by Crippen LogP contribution is 2.24. The normalized spacial score (nSPS) is 18.4. The van der Waals surface area contributed by atoms with E-state index in [0.29, 0.717) is 51.9 Å². The fourth-order valence-corrected chi connectivity index (χ4v) is 5.00. The quantitative estimate of drug-likeness (QED) is 0.502. The second-order valence-electron chi connectivity index (χ2n) is 8.00. The molecular formula is C22H29Cl2N5O2S. The molecule has 2 N–H and O–H groups in total. The Kier molecular flexibility index (Phi) is 9.25. The second kappa shape index (κ2) is 11.9. The number of carbonyl (C=O) groups is 2. The van der Waals surface area contributed by atoms with Crippen LogP contribution >= 0.6 is 35.0 Å². The summed E-state index contributed by atoms with van der Waals surface area (Å²) in [7, 11) is 0. The summed E-state index contributed by atoms with van der Waals surface area (Å²) in [5.41, 5.74) is 0.450. The molecule has 0 saturated heterocycles. The highest BCUT2D eigenvalue weighted by Gasteiger charge is 2.23. The first-order valence-electron chi connectivity index (χ1n) is 11.0. The van der Waals surface area contributed by atoms with Crippen molar-refractivity contribution in [3.63, 3.8) is 0 Å². The van der Waals surface area contributed by atoms with E-state index < -0.39 is 0 Å². The number of nitrogens with zero attached hydrogens (tertiary/aromatic N) is 3. The van der Waals surface area contributed by atoms with Crippen LogP contribution < -0.4 is 10.6 Å². The number of amides is 2. The monoisotopic (exact) mass is 497 g/mol. The van der Waals surface area contributed by atoms with Crippen LogP contribution in [0, 0.1) is 5.92 Å². The van der Waals surface area contributed by atoms with Crippen molar-refractivity contribution >= 4 is 46.8 Å². The van der Waals surface area contributed by atoms with Crippen molar-refractivity contribution in [3.05, 3.63) is 39.6 Å². The van der Waals surface area contributed by atoms with Crippen molar-refractivity contribution in [1.82, 2.24) is 25.4 Å². The third-order valence-electron chi connectivity index (χ3n) is 5.72. The van der Waals surface area contributed by atoms with Gasteiger partial charge in [0.1, 0.15) is 5.82 Å². The van der Waals surface area contributed by atoms with Gasteiger partial charge in [-0.15, -0.1) is 10.2 Å². The Morgan fingerprint density at radius 1 is 1.19 bits per heavy atom. The Balaban J connectivity index is 1.49. The summed E-state index contributed by atoms with van der Waals surface area (Å²) in [5, 5.41) is 16.0. The Morgan fingerprint density at radius 3 is 2.69 bits per heavy atom. The topological polar surface area (TPSA) is 88.9 Å². The van der Waals surface area contributed by atoms with E-state index in [-0.39, 0.29) is 17.9 Å². The standard InChI is InChI=1S/C22H29Cl2N5O2S/c1-3-29-19(10-11-25-21(31)15-8-9-16(23)17(24)12-15)27-28-22(29)32-13-20(30)26-18-7-5-4-6-14(18)2/h8-9,12,14,18H,3-7,10-11,13H2,1-2H3,(H,25,31)(H,26,30)/t14-,18-/m1/s1. The van der Waals surface area contributed by atoms with Crippen LogP contribution in [0.3, 0.4) is 0 Å². The van der Waals surface area contributed by atoms with Gasteiger partial charge in [-0.05, 0) is 43.9 Å². The van der Waals surface area contributed by atoms with E-state index in [0.717, 1.165) is 12.2 Å². The van der Waals surface area contributed by atoms with Gasteiger partial charge in [0.15, 0.2) is 5.16 Å². The first-order valence-corrected chi connectivity index (χ1v) is 12.7. The maximum atomic E-state index is 12.4. The number of aromatic nitrogens is 3. The van der Waals surface area contributed by atoms with Crippen LogP contribution in [0.5, 0.6) is 0 Å². The molecule has 7 nitrogen and oxygen atoms in total. The fourth-order valence-electron chi connectivity index (χ4n) is 3.86. The maximum absolute atomic E-state index is 12.4. The molecule has 0 spiro atoms. The van der Waals surface area contributed by atoms with Crippen LogP contribution in [0.25, 0.3) is 0 Å². The number of rotatable bonds is 9. The molecule has 174 valence electrons. The zero-order chi connectivity index (χ0) is 23.1. The molecule has 32 heavy (non-hydrogen) atoms. The molecule has 0 unspecified atom stereocenters. The average Bonchev–Trinajstić information content (AvgIpc) is 3.17. The molecule has 0 aliphatic heterocycles. The van der Waals surface area contributed by atoms with Crippen LogP contribution in [-0.4, -0.2) is 44.9 Å². The summed E-state index contributed by atoms with van der Waals surface area (Å²) >= 11 is 13.3. The molecule has 1 aromatic heterocycles. The second-order valence-corrected chi connectivity index (χ2v) is 9.76. The smallest absolute Gasteiger partial charge is 0.251 e. The highest BCUT2D eigenvalue weighted by molar-refractivity contribution is 7.99. The number of carbonyl (C=O) groups excluding carboxylic acids is 2. The number of thioether (sulfide) groups is 1. The zero-order valence-electron chi connectivity index (χ0n) is 18.4. The summed E-state index contributed by atoms with van der Waals surface area (Å²) in [6.45, 7) is 5.31. The summed E-state index contributed by atoms with van der Waals surface area (Å²) in [6, 6.07) is 5.05. The van der Waals surface area contributed by atoms with E-state index in [1.54, 1.807) is 18.2 Å². The molecule has 0 radical (unpaired) electrons. The zero-order valence-corrected chi connectivity index (χ0v) is 20.7. The van der Waals surface area contributed by atoms with Crippen LogP contribution in [0.4, 0.5) is 0 Å². The molecule has 1 heterocycles. The molecule has 2 aromatic rings. The molecule has 3 rings (SSSR count). The number of hydrogen-bond acceptors (Lipinski definition) is 5. The van der Waals surface area contributed by atoms with Crippen molar-refractivity contribution in [2.75, 3.05) is 12.3 Å². The van der Waals surface area contributed by atoms with Crippen LogP contribution in [-0.2, 0) is 17.8 Å². The predicted molar refractivity (Wildman–Crippen MR) is 128 cm³/mol. The van der Waals surface area contributed by atoms with Crippen molar-refractivity contribution in [2.45, 2.75) is 63.7 Å². The molecule has 1 saturated carbocycles. The van der Waals surface area contributed by atoms with E-state index in [9.17, 15) is 9.59 Å². The molecule has 1 aliphatic carbocycles. The minimum atomic E-state index is -0.227. The van der Waals surface area contributed by atoms with Gasteiger partial charge in [0, 0.05) is 31.1 Å². The molecule has 1 fully saturated rings. The van der Waals surface area contributed by atoms with Crippen LogP contribution in [0.1, 0.15) is 55.7 Å². The SMILES string of the molecule is CCn1c(CCNC(=O)c2ccc(Cl)c(Cl)c2)nnc1SCC(=O)N[C@@H]1CCCC[C@H]1C. The van der Waals surface area contributed by atoms with Gasteiger partial charge in [0.25, 0.3) is 5.91 Å². The van der Waals surface area contributed by atoms with Gasteiger partial charge < -0.3 is 15.2 Å². The van der Waals surface area contributed by atoms with Crippen LogP contribution in [0.2, 0.25) is 10.0 Å². The Labute approximate surface area is 203 Å². The molecule has 2 atom stereocenters. The van der Waals surface area contributed by atoms with Crippen molar-refractivity contribution in [1.29, 1.82) is 0 Å². The van der Waals surface area contributed by atoms with Gasteiger partial charge in [-0.1, -0.05) is 54.7 Å². The van der Waals surface area contributed by atoms with Gasteiger partial charge >= 0.3 is 0 Å². The Morgan fingerprint density at radius 2 is 1.97 bits per heavy atom. The first kappa shape index (κ1) is 24.9. The molecule has 1 aromatic carbocycles. The van der Waals surface area contributed by atoms with E-state index in [1.807, 2.05) is 11.5 Å². The van der Waals surface area contributed by atoms with Crippen LogP contribution in [0.15, 0.2) is 23.4 Å². The molecule has 0 bridgehead atoms. The third kappa shape index (κ3) is 6.62. The lowest BCUT2D eigenvalue weighted by Gasteiger charge is -2.29. The maximum Gasteiger partial charge on any atom is 0.251 e. The average molecular weight is 498 g/mol. The molecule has 10 heteroatoms. The van der Waals surface area contributed by atoms with E-state index in [4.69, 9.17) is 23.2 Å². The van der Waals surface area contributed by atoms with E-state index in [2.05, 4.69) is 27.8 Å². The van der Waals surface area contributed by atoms with Gasteiger partial charge in [-0.25, -0.2) is 0 Å². The Hall–Kier alpha value is -1.77. The lowest BCUT2D eigenvalue weighted by molar-refractivity contribution is -0.119. The summed E-state index contributed by atoms with van der Waals surface area (Å²) in [6.07, 6.45) is 5.18. The fraction of sp³-hybridized carbons (Fsp3) is 0.545. The summed E-state index contributed by atoms with van der Waals surface area (Å²) in [5.74, 6) is 1.42. The lowest BCUT2D eigenvalue weighted by Crippen LogP contribution is -2.41. The highest BCUT2D eigenvalue weighted by atomic mass is 35.5. The van der Waals surface area contributed by atoms with Gasteiger partial charge in [-0.3, -0.25) is 9.59 Å². The minimum Gasteiger partial charge on any atom is -0.352 e. The number of hydrogen-bond donors (Lipinski definition) is 2. The van der Waals surface area contributed by atoms with Gasteiger partial charge in [-0.2, -0.15) is 0 Å². The number of halogens is 2. The Bertz CT molecular complexity index is 952. The molecule has 2 amide bonds. The van der Waals surface area contributed by atoms with Crippen molar-refractivity contribution in [3.8, 4) is 0 Å². The van der Waals surface area contributed by atoms with Gasteiger partial charge in [0.05, 0.1) is 15.8 Å². The van der Waals surface area contributed by atoms with E-state index in [1.165, 1.54) is 31.0 Å². The molecule has 1 aliphatic rings. The molecular weight excluding hydrogens is 469 g/mol. The number of benzene rings is 1. The van der Waals surface area contributed by atoms with Crippen molar-refractivity contribution in [2.24, 2.45) is 5.92 Å². The summed E-state index contributed by atoms with van der Waals surface area (Å²) in [4.78, 5) is 24.7.